The Hall–Kier alpha value is -1.04. The van der Waals surface area contributed by atoms with E-state index in [1.54, 1.807) is 0 Å². The van der Waals surface area contributed by atoms with Gasteiger partial charge < -0.3 is 0 Å². The molecule has 1 unspecified atom stereocenters. The molecular weight excluding hydrogens is 144 g/mol. The first-order valence-corrected chi connectivity index (χ1v) is 4.48. The maximum atomic E-state index is 2.28. The van der Waals surface area contributed by atoms with Crippen molar-refractivity contribution in [3.63, 3.8) is 0 Å². The molecule has 1 aliphatic rings. The van der Waals surface area contributed by atoms with Crippen LogP contribution in [0.3, 0.4) is 0 Å². The lowest BCUT2D eigenvalue weighted by molar-refractivity contribution is 0.971. The molecule has 0 nitrogen and oxygen atoms in total. The van der Waals surface area contributed by atoms with E-state index in [2.05, 4.69) is 45.1 Å². The lowest BCUT2D eigenvalue weighted by Gasteiger charge is -2.10. The lowest BCUT2D eigenvalue weighted by Crippen LogP contribution is -1.93. The van der Waals surface area contributed by atoms with Crippen LogP contribution in [0.2, 0.25) is 0 Å². The highest BCUT2D eigenvalue weighted by molar-refractivity contribution is 5.67. The molecule has 12 heavy (non-hydrogen) atoms. The maximum Gasteiger partial charge on any atom is 0.000155 e. The predicted molar refractivity (Wildman–Crippen MR) is 53.4 cm³/mol. The highest BCUT2D eigenvalue weighted by Gasteiger charge is 2.16. The minimum absolute atomic E-state index is 0.611. The van der Waals surface area contributed by atoms with E-state index in [1.165, 1.54) is 22.3 Å². The maximum absolute atomic E-state index is 2.28. The molecule has 0 bridgehead atoms. The monoisotopic (exact) mass is 158 g/mol. The minimum Gasteiger partial charge on any atom is -0.0766 e. The second kappa shape index (κ2) is 2.48. The average molecular weight is 158 g/mol. The van der Waals surface area contributed by atoms with Gasteiger partial charge in [-0.05, 0) is 36.1 Å². The van der Waals surface area contributed by atoms with Gasteiger partial charge in [-0.3, -0.25) is 0 Å². The summed E-state index contributed by atoms with van der Waals surface area (Å²) in [6.45, 7) is 6.64. The summed E-state index contributed by atoms with van der Waals surface area (Å²) < 4.78 is 0. The van der Waals surface area contributed by atoms with Crippen molar-refractivity contribution >= 4 is 6.08 Å². The fraction of sp³-hybridized carbons (Fsp3) is 0.333. The standard InChI is InChI=1S/C12H14/c1-8-4-5-9(2)12-10(3)6-7-11(8)12/h4-7,10H,1-3H3. The number of hydrogen-bond donors (Lipinski definition) is 0. The fourth-order valence-corrected chi connectivity index (χ4v) is 2.02. The fourth-order valence-electron chi connectivity index (χ4n) is 2.02. The van der Waals surface area contributed by atoms with Crippen LogP contribution in [0.4, 0.5) is 0 Å². The van der Waals surface area contributed by atoms with E-state index in [4.69, 9.17) is 0 Å². The Morgan fingerprint density at radius 1 is 1.08 bits per heavy atom. The van der Waals surface area contributed by atoms with Crippen LogP contribution in [-0.2, 0) is 0 Å². The van der Waals surface area contributed by atoms with Gasteiger partial charge in [-0.15, -0.1) is 0 Å². The average Bonchev–Trinajstić information content (AvgIpc) is 2.42. The summed E-state index contributed by atoms with van der Waals surface area (Å²) in [5.41, 5.74) is 5.79. The Kier molecular flexibility index (Phi) is 1.57. The van der Waals surface area contributed by atoms with Crippen LogP contribution >= 0.6 is 0 Å². The van der Waals surface area contributed by atoms with Crippen LogP contribution in [0.1, 0.15) is 35.1 Å². The zero-order chi connectivity index (χ0) is 8.72. The first-order valence-electron chi connectivity index (χ1n) is 4.48. The zero-order valence-electron chi connectivity index (χ0n) is 7.89. The normalized spacial score (nSPS) is 19.8. The third-order valence-electron chi connectivity index (χ3n) is 2.73. The first kappa shape index (κ1) is 7.60. The van der Waals surface area contributed by atoms with Gasteiger partial charge in [0.1, 0.15) is 0 Å². The molecule has 0 heterocycles. The van der Waals surface area contributed by atoms with Gasteiger partial charge >= 0.3 is 0 Å². The zero-order valence-corrected chi connectivity index (χ0v) is 7.89. The van der Waals surface area contributed by atoms with Crippen LogP contribution in [0.5, 0.6) is 0 Å². The Bertz CT molecular complexity index is 345. The van der Waals surface area contributed by atoms with E-state index in [0.29, 0.717) is 5.92 Å². The number of benzene rings is 1. The van der Waals surface area contributed by atoms with Crippen molar-refractivity contribution in [1.82, 2.24) is 0 Å². The Balaban J connectivity index is 2.71. The molecule has 1 atom stereocenters. The summed E-state index contributed by atoms with van der Waals surface area (Å²) in [6.07, 6.45) is 4.53. The van der Waals surface area contributed by atoms with Crippen LogP contribution in [0.15, 0.2) is 18.2 Å². The van der Waals surface area contributed by atoms with Gasteiger partial charge in [0.05, 0.1) is 0 Å². The Morgan fingerprint density at radius 3 is 2.42 bits per heavy atom. The Morgan fingerprint density at radius 2 is 1.75 bits per heavy atom. The highest BCUT2D eigenvalue weighted by atomic mass is 14.2. The first-order chi connectivity index (χ1) is 5.70. The molecule has 0 aromatic heterocycles. The van der Waals surface area contributed by atoms with E-state index in [9.17, 15) is 0 Å². The predicted octanol–water partition coefficient (Wildman–Crippen LogP) is 3.43. The number of rotatable bonds is 0. The van der Waals surface area contributed by atoms with Gasteiger partial charge in [0, 0.05) is 5.92 Å². The summed E-state index contributed by atoms with van der Waals surface area (Å²) in [5, 5.41) is 0. The molecule has 0 saturated heterocycles. The summed E-state index contributed by atoms with van der Waals surface area (Å²) in [4.78, 5) is 0. The number of fused-ring (bicyclic) bond motifs is 1. The second-order valence-corrected chi connectivity index (χ2v) is 3.67. The van der Waals surface area contributed by atoms with Crippen molar-refractivity contribution < 1.29 is 0 Å². The van der Waals surface area contributed by atoms with E-state index in [0.717, 1.165) is 0 Å². The topological polar surface area (TPSA) is 0 Å². The van der Waals surface area contributed by atoms with Gasteiger partial charge in [0.15, 0.2) is 0 Å². The van der Waals surface area contributed by atoms with Crippen LogP contribution in [-0.4, -0.2) is 0 Å². The molecule has 1 aliphatic carbocycles. The molecule has 1 aromatic rings. The van der Waals surface area contributed by atoms with E-state index < -0.39 is 0 Å². The van der Waals surface area contributed by atoms with E-state index >= 15 is 0 Å². The third kappa shape index (κ3) is 0.911. The molecule has 62 valence electrons. The van der Waals surface area contributed by atoms with Crippen LogP contribution in [0, 0.1) is 13.8 Å². The van der Waals surface area contributed by atoms with E-state index in [-0.39, 0.29) is 0 Å². The molecular formula is C12H14. The summed E-state index contributed by atoms with van der Waals surface area (Å²) in [5.74, 6) is 0.611. The largest absolute Gasteiger partial charge is 0.0766 e. The SMILES string of the molecule is Cc1ccc(C)c2c1C=CC2C. The molecule has 0 N–H and O–H groups in total. The molecule has 0 amide bonds. The third-order valence-corrected chi connectivity index (χ3v) is 2.73. The molecule has 1 aromatic carbocycles. The summed E-state index contributed by atoms with van der Waals surface area (Å²) >= 11 is 0. The number of hydrogen-bond acceptors (Lipinski definition) is 0. The van der Waals surface area contributed by atoms with Gasteiger partial charge in [0.25, 0.3) is 0 Å². The minimum atomic E-state index is 0.611. The summed E-state index contributed by atoms with van der Waals surface area (Å²) in [7, 11) is 0. The van der Waals surface area contributed by atoms with Crippen molar-refractivity contribution in [3.8, 4) is 0 Å². The molecule has 0 heteroatoms. The highest BCUT2D eigenvalue weighted by Crippen LogP contribution is 2.33. The van der Waals surface area contributed by atoms with Gasteiger partial charge in [0.2, 0.25) is 0 Å². The van der Waals surface area contributed by atoms with Gasteiger partial charge in [-0.25, -0.2) is 0 Å². The van der Waals surface area contributed by atoms with E-state index in [1.807, 2.05) is 0 Å². The van der Waals surface area contributed by atoms with Crippen molar-refractivity contribution in [3.05, 3.63) is 40.5 Å². The molecule has 0 radical (unpaired) electrons. The second-order valence-electron chi connectivity index (χ2n) is 3.67. The van der Waals surface area contributed by atoms with Crippen LogP contribution in [0.25, 0.3) is 6.08 Å². The molecule has 0 saturated carbocycles. The van der Waals surface area contributed by atoms with Crippen molar-refractivity contribution in [1.29, 1.82) is 0 Å². The Labute approximate surface area is 73.9 Å². The molecule has 0 fully saturated rings. The molecule has 2 rings (SSSR count). The number of aryl methyl sites for hydroxylation is 2. The van der Waals surface area contributed by atoms with Crippen molar-refractivity contribution in [2.75, 3.05) is 0 Å². The summed E-state index contributed by atoms with van der Waals surface area (Å²) in [6, 6.07) is 4.42. The van der Waals surface area contributed by atoms with Gasteiger partial charge in [-0.1, -0.05) is 31.2 Å². The molecule has 0 spiro atoms. The smallest absolute Gasteiger partial charge is 0.000155 e. The molecule has 0 aliphatic heterocycles. The van der Waals surface area contributed by atoms with Gasteiger partial charge in [-0.2, -0.15) is 0 Å². The number of allylic oxidation sites excluding steroid dienone is 1. The lowest BCUT2D eigenvalue weighted by atomic mass is 9.94. The van der Waals surface area contributed by atoms with Crippen molar-refractivity contribution in [2.45, 2.75) is 26.7 Å². The van der Waals surface area contributed by atoms with Crippen LogP contribution < -0.4 is 0 Å². The quantitative estimate of drug-likeness (QED) is 0.542. The van der Waals surface area contributed by atoms with Crippen molar-refractivity contribution in [2.24, 2.45) is 0 Å².